The molecule has 0 radical (unpaired) electrons. The molecule has 5 heteroatoms. The SMILES string of the molecule is ClCCl.O=C(O)CCCBr. The third-order valence-electron chi connectivity index (χ3n) is 0.524. The van der Waals surface area contributed by atoms with E-state index in [0.717, 1.165) is 11.8 Å². The van der Waals surface area contributed by atoms with Crippen LogP contribution in [0.4, 0.5) is 0 Å². The van der Waals surface area contributed by atoms with Gasteiger partial charge in [0.2, 0.25) is 0 Å². The molecule has 0 rings (SSSR count). The van der Waals surface area contributed by atoms with Gasteiger partial charge in [-0.2, -0.15) is 0 Å². The highest BCUT2D eigenvalue weighted by Crippen LogP contribution is 1.91. The zero-order chi connectivity index (χ0) is 8.41. The number of carbonyl (C=O) groups is 1. The Bertz CT molecular complexity index is 80.0. The lowest BCUT2D eigenvalue weighted by Crippen LogP contribution is -1.93. The summed E-state index contributed by atoms with van der Waals surface area (Å²) in [4.78, 5) is 9.74. The van der Waals surface area contributed by atoms with Gasteiger partial charge in [0.15, 0.2) is 0 Å². The van der Waals surface area contributed by atoms with Crippen molar-refractivity contribution in [2.45, 2.75) is 12.8 Å². The lowest BCUT2D eigenvalue weighted by atomic mass is 10.3. The highest BCUT2D eigenvalue weighted by Gasteiger charge is 1.91. The molecule has 1 N–H and O–H groups in total. The summed E-state index contributed by atoms with van der Waals surface area (Å²) in [6.45, 7) is 0. The van der Waals surface area contributed by atoms with E-state index in [4.69, 9.17) is 28.3 Å². The van der Waals surface area contributed by atoms with Gasteiger partial charge < -0.3 is 5.11 Å². The summed E-state index contributed by atoms with van der Waals surface area (Å²) < 4.78 is 0. The summed E-state index contributed by atoms with van der Waals surface area (Å²) in [7, 11) is 0. The number of hydrogen-bond acceptors (Lipinski definition) is 1. The number of halogens is 3. The Hall–Kier alpha value is 0.530. The smallest absolute Gasteiger partial charge is 0.303 e. The van der Waals surface area contributed by atoms with Gasteiger partial charge in [-0.05, 0) is 6.42 Å². The normalized spacial score (nSPS) is 7.90. The molecule has 62 valence electrons. The average Bonchev–Trinajstić information content (AvgIpc) is 1.85. The Morgan fingerprint density at radius 1 is 1.50 bits per heavy atom. The van der Waals surface area contributed by atoms with Gasteiger partial charge in [0.25, 0.3) is 0 Å². The summed E-state index contributed by atoms with van der Waals surface area (Å²) in [5.41, 5.74) is 0. The molecule has 2 nitrogen and oxygen atoms in total. The maximum Gasteiger partial charge on any atom is 0.303 e. The molecule has 0 saturated heterocycles. The molecule has 0 bridgehead atoms. The molecule has 0 aromatic rings. The summed E-state index contributed by atoms with van der Waals surface area (Å²) in [5.74, 6) is -0.723. The first kappa shape index (κ1) is 13.1. The Kier molecular flexibility index (Phi) is 16.1. The Labute approximate surface area is 78.6 Å². The molecule has 0 aromatic carbocycles. The van der Waals surface area contributed by atoms with E-state index >= 15 is 0 Å². The van der Waals surface area contributed by atoms with Crippen LogP contribution < -0.4 is 0 Å². The van der Waals surface area contributed by atoms with Crippen LogP contribution in [-0.2, 0) is 4.79 Å². The van der Waals surface area contributed by atoms with E-state index in [2.05, 4.69) is 15.9 Å². The fraction of sp³-hybridized carbons (Fsp3) is 0.800. The third-order valence-corrected chi connectivity index (χ3v) is 1.09. The summed E-state index contributed by atoms with van der Waals surface area (Å²) in [6.07, 6.45) is 0.987. The van der Waals surface area contributed by atoms with Crippen molar-refractivity contribution in [1.29, 1.82) is 0 Å². The van der Waals surface area contributed by atoms with Crippen LogP contribution in [0.2, 0.25) is 0 Å². The number of hydrogen-bond donors (Lipinski definition) is 1. The predicted octanol–water partition coefficient (Wildman–Crippen LogP) is 2.67. The predicted molar refractivity (Wildman–Crippen MR) is 47.2 cm³/mol. The van der Waals surface area contributed by atoms with Crippen molar-refractivity contribution in [3.63, 3.8) is 0 Å². The third kappa shape index (κ3) is 23.6. The second-order valence-electron chi connectivity index (χ2n) is 1.29. The first-order valence-corrected chi connectivity index (χ1v) is 4.77. The van der Waals surface area contributed by atoms with Crippen LogP contribution in [0, 0.1) is 0 Å². The molecular formula is C5H9BrCl2O2. The van der Waals surface area contributed by atoms with E-state index < -0.39 is 5.97 Å². The first-order chi connectivity index (χ1) is 4.68. The molecule has 0 aliphatic carbocycles. The average molecular weight is 252 g/mol. The molecule has 0 heterocycles. The molecule has 0 atom stereocenters. The molecule has 0 spiro atoms. The van der Waals surface area contributed by atoms with Crippen molar-refractivity contribution in [2.75, 3.05) is 10.7 Å². The Morgan fingerprint density at radius 3 is 2.00 bits per heavy atom. The minimum atomic E-state index is -0.723. The second kappa shape index (κ2) is 12.2. The number of alkyl halides is 3. The van der Waals surface area contributed by atoms with E-state index in [1.54, 1.807) is 0 Å². The van der Waals surface area contributed by atoms with Crippen molar-refractivity contribution in [1.82, 2.24) is 0 Å². The standard InChI is InChI=1S/C4H7BrO2.CH2Cl2/c5-3-1-2-4(6)7;2-1-3/h1-3H2,(H,6,7);1H2. The van der Waals surface area contributed by atoms with Crippen LogP contribution >= 0.6 is 39.1 Å². The summed E-state index contributed by atoms with van der Waals surface area (Å²) in [5, 5.41) is 9.00. The van der Waals surface area contributed by atoms with Crippen LogP contribution in [0.5, 0.6) is 0 Å². The molecule has 10 heavy (non-hydrogen) atoms. The van der Waals surface area contributed by atoms with E-state index in [1.807, 2.05) is 0 Å². The lowest BCUT2D eigenvalue weighted by molar-refractivity contribution is -0.137. The van der Waals surface area contributed by atoms with Crippen LogP contribution in [0.15, 0.2) is 0 Å². The van der Waals surface area contributed by atoms with Gasteiger partial charge in [0.05, 0.1) is 5.34 Å². The van der Waals surface area contributed by atoms with Gasteiger partial charge in [-0.1, -0.05) is 15.9 Å². The van der Waals surface area contributed by atoms with Gasteiger partial charge in [-0.15, -0.1) is 23.2 Å². The topological polar surface area (TPSA) is 37.3 Å². The van der Waals surface area contributed by atoms with Gasteiger partial charge in [-0.25, -0.2) is 0 Å². The second-order valence-corrected chi connectivity index (χ2v) is 2.89. The lowest BCUT2D eigenvalue weighted by Gasteiger charge is -1.84. The van der Waals surface area contributed by atoms with Gasteiger partial charge in [-0.3, -0.25) is 4.79 Å². The molecule has 0 aliphatic rings. The fourth-order valence-corrected chi connectivity index (χ4v) is 0.498. The fourth-order valence-electron chi connectivity index (χ4n) is 0.218. The Morgan fingerprint density at radius 2 is 1.90 bits per heavy atom. The molecule has 0 aliphatic heterocycles. The van der Waals surface area contributed by atoms with Crippen LogP contribution in [-0.4, -0.2) is 21.7 Å². The molecule has 0 fully saturated rings. The van der Waals surface area contributed by atoms with Crippen LogP contribution in [0.3, 0.4) is 0 Å². The Balaban J connectivity index is 0. The molecular weight excluding hydrogens is 243 g/mol. The van der Waals surface area contributed by atoms with E-state index in [-0.39, 0.29) is 11.8 Å². The van der Waals surface area contributed by atoms with Gasteiger partial charge in [0, 0.05) is 11.8 Å². The van der Waals surface area contributed by atoms with Crippen molar-refractivity contribution in [2.24, 2.45) is 0 Å². The van der Waals surface area contributed by atoms with Gasteiger partial charge >= 0.3 is 5.97 Å². The summed E-state index contributed by atoms with van der Waals surface area (Å²) >= 11 is 12.6. The monoisotopic (exact) mass is 250 g/mol. The largest absolute Gasteiger partial charge is 0.481 e. The first-order valence-electron chi connectivity index (χ1n) is 2.58. The van der Waals surface area contributed by atoms with Crippen molar-refractivity contribution in [3.05, 3.63) is 0 Å². The van der Waals surface area contributed by atoms with E-state index in [9.17, 15) is 4.79 Å². The van der Waals surface area contributed by atoms with Crippen molar-refractivity contribution in [3.8, 4) is 0 Å². The zero-order valence-electron chi connectivity index (χ0n) is 5.32. The van der Waals surface area contributed by atoms with E-state index in [0.29, 0.717) is 0 Å². The maximum atomic E-state index is 9.74. The highest BCUT2D eigenvalue weighted by atomic mass is 79.9. The summed E-state index contributed by atoms with van der Waals surface area (Å²) in [6, 6.07) is 0. The number of aliphatic carboxylic acids is 1. The quantitative estimate of drug-likeness (QED) is 0.784. The zero-order valence-corrected chi connectivity index (χ0v) is 8.42. The molecule has 0 aromatic heterocycles. The number of rotatable bonds is 3. The molecule has 0 unspecified atom stereocenters. The highest BCUT2D eigenvalue weighted by molar-refractivity contribution is 9.09. The van der Waals surface area contributed by atoms with Crippen molar-refractivity contribution >= 4 is 45.1 Å². The van der Waals surface area contributed by atoms with Gasteiger partial charge in [0.1, 0.15) is 0 Å². The molecule has 0 saturated carbocycles. The van der Waals surface area contributed by atoms with Crippen molar-refractivity contribution < 1.29 is 9.90 Å². The number of carboxylic acids is 1. The minimum absolute atomic E-state index is 0.194. The van der Waals surface area contributed by atoms with Crippen LogP contribution in [0.1, 0.15) is 12.8 Å². The van der Waals surface area contributed by atoms with E-state index in [1.165, 1.54) is 0 Å². The minimum Gasteiger partial charge on any atom is -0.481 e. The maximum absolute atomic E-state index is 9.74. The molecule has 0 amide bonds. The van der Waals surface area contributed by atoms with Crippen LogP contribution in [0.25, 0.3) is 0 Å². The number of carboxylic acid groups (broad SMARTS) is 1.